The molecule has 0 unspecified atom stereocenters. The van der Waals surface area contributed by atoms with E-state index in [1.165, 1.54) is 0 Å². The molecule has 104 valence electrons. The first-order chi connectivity index (χ1) is 9.05. The third-order valence-corrected chi connectivity index (χ3v) is 4.30. The SMILES string of the molecule is CCN(CC)C(=O)[C@@]1(C)O[C@]1(CC)c1ccccc1. The molecule has 0 bridgehead atoms. The van der Waals surface area contributed by atoms with Gasteiger partial charge in [0.1, 0.15) is 5.60 Å². The van der Waals surface area contributed by atoms with E-state index in [9.17, 15) is 4.79 Å². The number of hydrogen-bond donors (Lipinski definition) is 0. The van der Waals surface area contributed by atoms with Gasteiger partial charge in [-0.2, -0.15) is 0 Å². The summed E-state index contributed by atoms with van der Waals surface area (Å²) in [7, 11) is 0. The Morgan fingerprint density at radius 2 is 1.74 bits per heavy atom. The highest BCUT2D eigenvalue weighted by Gasteiger charge is 2.71. The fraction of sp³-hybridized carbons (Fsp3) is 0.562. The third-order valence-electron chi connectivity index (χ3n) is 4.30. The lowest BCUT2D eigenvalue weighted by atomic mass is 9.84. The van der Waals surface area contributed by atoms with Crippen LogP contribution in [-0.2, 0) is 15.1 Å². The second-order valence-electron chi connectivity index (χ2n) is 5.16. The summed E-state index contributed by atoms with van der Waals surface area (Å²) in [6.07, 6.45) is 0.806. The average Bonchev–Trinajstić information content (AvgIpc) is 3.09. The van der Waals surface area contributed by atoms with Gasteiger partial charge in [0.25, 0.3) is 5.91 Å². The van der Waals surface area contributed by atoms with Crippen molar-refractivity contribution < 1.29 is 9.53 Å². The maximum Gasteiger partial charge on any atom is 0.257 e. The summed E-state index contributed by atoms with van der Waals surface area (Å²) in [5.41, 5.74) is -0.0659. The Morgan fingerprint density at radius 3 is 2.21 bits per heavy atom. The largest absolute Gasteiger partial charge is 0.347 e. The van der Waals surface area contributed by atoms with Gasteiger partial charge >= 0.3 is 0 Å². The van der Waals surface area contributed by atoms with Gasteiger partial charge in [-0.15, -0.1) is 0 Å². The van der Waals surface area contributed by atoms with E-state index in [0.29, 0.717) is 0 Å². The number of epoxide rings is 1. The van der Waals surface area contributed by atoms with Crippen LogP contribution in [0.1, 0.15) is 39.7 Å². The minimum atomic E-state index is -0.713. The fourth-order valence-electron chi connectivity index (χ4n) is 3.01. The molecule has 1 fully saturated rings. The Labute approximate surface area is 115 Å². The molecule has 2 rings (SSSR count). The zero-order valence-corrected chi connectivity index (χ0v) is 12.3. The zero-order chi connectivity index (χ0) is 14.1. The summed E-state index contributed by atoms with van der Waals surface area (Å²) in [6, 6.07) is 10.1. The van der Waals surface area contributed by atoms with Crippen LogP contribution in [0, 0.1) is 0 Å². The molecule has 1 aliphatic rings. The maximum absolute atomic E-state index is 12.6. The first kappa shape index (κ1) is 14.1. The first-order valence-corrected chi connectivity index (χ1v) is 7.10. The molecular formula is C16H23NO2. The highest BCUT2D eigenvalue weighted by Crippen LogP contribution is 2.58. The molecule has 0 spiro atoms. The van der Waals surface area contributed by atoms with Crippen LogP contribution in [0.4, 0.5) is 0 Å². The van der Waals surface area contributed by atoms with Crippen molar-refractivity contribution in [2.45, 2.75) is 45.3 Å². The van der Waals surface area contributed by atoms with Crippen LogP contribution in [0.25, 0.3) is 0 Å². The number of carbonyl (C=O) groups excluding carboxylic acids is 1. The Morgan fingerprint density at radius 1 is 1.16 bits per heavy atom. The number of rotatable bonds is 5. The number of likely N-dealkylation sites (N-methyl/N-ethyl adjacent to an activating group) is 1. The second-order valence-corrected chi connectivity index (χ2v) is 5.16. The summed E-state index contributed by atoms with van der Waals surface area (Å²) in [5, 5.41) is 0. The van der Waals surface area contributed by atoms with Gasteiger partial charge in [-0.25, -0.2) is 0 Å². The van der Waals surface area contributed by atoms with E-state index >= 15 is 0 Å². The molecule has 3 heteroatoms. The van der Waals surface area contributed by atoms with Gasteiger partial charge in [-0.05, 0) is 32.8 Å². The molecule has 1 aromatic rings. The molecule has 1 aromatic carbocycles. The molecule has 1 saturated heterocycles. The summed E-state index contributed by atoms with van der Waals surface area (Å²) < 4.78 is 5.98. The molecule has 0 aromatic heterocycles. The summed E-state index contributed by atoms with van der Waals surface area (Å²) in [5.74, 6) is 0.100. The van der Waals surface area contributed by atoms with Gasteiger partial charge in [-0.3, -0.25) is 4.79 Å². The smallest absolute Gasteiger partial charge is 0.257 e. The first-order valence-electron chi connectivity index (χ1n) is 7.10. The van der Waals surface area contributed by atoms with Crippen LogP contribution in [0.2, 0.25) is 0 Å². The Kier molecular flexibility index (Phi) is 3.68. The Bertz CT molecular complexity index is 455. The van der Waals surface area contributed by atoms with Gasteiger partial charge in [-0.1, -0.05) is 37.3 Å². The molecular weight excluding hydrogens is 238 g/mol. The fourth-order valence-corrected chi connectivity index (χ4v) is 3.01. The molecule has 1 aliphatic heterocycles. The lowest BCUT2D eigenvalue weighted by Gasteiger charge is -2.23. The van der Waals surface area contributed by atoms with Crippen molar-refractivity contribution in [3.8, 4) is 0 Å². The van der Waals surface area contributed by atoms with Crippen molar-refractivity contribution in [2.24, 2.45) is 0 Å². The summed E-state index contributed by atoms with van der Waals surface area (Å²) >= 11 is 0. The minimum absolute atomic E-state index is 0.100. The topological polar surface area (TPSA) is 32.8 Å². The third kappa shape index (κ3) is 1.96. The van der Waals surface area contributed by atoms with Crippen molar-refractivity contribution in [3.05, 3.63) is 35.9 Å². The van der Waals surface area contributed by atoms with Crippen molar-refractivity contribution in [3.63, 3.8) is 0 Å². The molecule has 1 amide bonds. The van der Waals surface area contributed by atoms with E-state index in [0.717, 1.165) is 25.1 Å². The highest BCUT2D eigenvalue weighted by molar-refractivity contribution is 5.89. The average molecular weight is 261 g/mol. The van der Waals surface area contributed by atoms with Crippen molar-refractivity contribution in [1.82, 2.24) is 4.90 Å². The maximum atomic E-state index is 12.6. The van der Waals surface area contributed by atoms with Crippen molar-refractivity contribution >= 4 is 5.91 Å². The molecule has 1 heterocycles. The summed E-state index contributed by atoms with van der Waals surface area (Å²) in [4.78, 5) is 14.5. The van der Waals surface area contributed by atoms with Crippen LogP contribution in [0.5, 0.6) is 0 Å². The number of hydrogen-bond acceptors (Lipinski definition) is 2. The molecule has 0 aliphatic carbocycles. The van der Waals surface area contributed by atoms with E-state index in [4.69, 9.17) is 4.74 Å². The van der Waals surface area contributed by atoms with E-state index in [1.807, 2.05) is 56.0 Å². The molecule has 3 nitrogen and oxygen atoms in total. The van der Waals surface area contributed by atoms with E-state index < -0.39 is 11.2 Å². The van der Waals surface area contributed by atoms with Crippen molar-refractivity contribution in [1.29, 1.82) is 0 Å². The molecule has 2 atom stereocenters. The lowest BCUT2D eigenvalue weighted by molar-refractivity contribution is -0.136. The quantitative estimate of drug-likeness (QED) is 0.763. The van der Waals surface area contributed by atoms with Crippen molar-refractivity contribution in [2.75, 3.05) is 13.1 Å². The van der Waals surface area contributed by atoms with E-state index in [1.54, 1.807) is 0 Å². The van der Waals surface area contributed by atoms with E-state index in [2.05, 4.69) is 6.92 Å². The standard InChI is InChI=1S/C16H23NO2/c1-5-16(13-11-9-8-10-12-13)15(4,19-16)14(18)17(6-2)7-3/h8-12H,5-7H2,1-4H3/t15-,16-/m1/s1. The number of amides is 1. The zero-order valence-electron chi connectivity index (χ0n) is 12.3. The Hall–Kier alpha value is -1.35. The molecule has 0 N–H and O–H groups in total. The highest BCUT2D eigenvalue weighted by atomic mass is 16.6. The number of ether oxygens (including phenoxy) is 1. The normalized spacial score (nSPS) is 29.1. The monoisotopic (exact) mass is 261 g/mol. The van der Waals surface area contributed by atoms with Gasteiger partial charge in [0.15, 0.2) is 5.60 Å². The molecule has 0 saturated carbocycles. The predicted molar refractivity (Wildman–Crippen MR) is 75.8 cm³/mol. The molecule has 19 heavy (non-hydrogen) atoms. The van der Waals surface area contributed by atoms with Gasteiger partial charge in [0.05, 0.1) is 0 Å². The number of benzene rings is 1. The minimum Gasteiger partial charge on any atom is -0.347 e. The van der Waals surface area contributed by atoms with Gasteiger partial charge in [0, 0.05) is 13.1 Å². The number of carbonyl (C=O) groups is 1. The van der Waals surface area contributed by atoms with Crippen LogP contribution >= 0.6 is 0 Å². The van der Waals surface area contributed by atoms with E-state index in [-0.39, 0.29) is 5.91 Å². The lowest BCUT2D eigenvalue weighted by Crippen LogP contribution is -2.43. The molecule has 0 radical (unpaired) electrons. The predicted octanol–water partition coefficient (Wildman–Crippen LogP) is 2.95. The summed E-state index contributed by atoms with van der Waals surface area (Å²) in [6.45, 7) is 9.45. The Balaban J connectivity index is 2.31. The van der Waals surface area contributed by atoms with Gasteiger partial charge < -0.3 is 9.64 Å². The van der Waals surface area contributed by atoms with Gasteiger partial charge in [0.2, 0.25) is 0 Å². The van der Waals surface area contributed by atoms with Crippen LogP contribution < -0.4 is 0 Å². The second kappa shape index (κ2) is 4.97. The number of nitrogens with zero attached hydrogens (tertiary/aromatic N) is 1. The van der Waals surface area contributed by atoms with Crippen LogP contribution in [0.15, 0.2) is 30.3 Å². The van der Waals surface area contributed by atoms with Crippen LogP contribution in [0.3, 0.4) is 0 Å². The van der Waals surface area contributed by atoms with Crippen LogP contribution in [-0.4, -0.2) is 29.5 Å².